The van der Waals surface area contributed by atoms with E-state index in [-0.39, 0.29) is 0 Å². The lowest BCUT2D eigenvalue weighted by Gasteiger charge is -2.35. The van der Waals surface area contributed by atoms with E-state index in [4.69, 9.17) is 5.84 Å². The van der Waals surface area contributed by atoms with E-state index in [1.165, 1.54) is 12.1 Å². The Hall–Kier alpha value is -1.21. The van der Waals surface area contributed by atoms with Crippen LogP contribution in [-0.4, -0.2) is 73.0 Å². The minimum absolute atomic E-state index is 0.710. The molecule has 1 fully saturated rings. The molecule has 0 radical (unpaired) electrons. The average molecular weight is 278 g/mol. The largest absolute Gasteiger partial charge is 0.308 e. The maximum atomic E-state index is 5.32. The minimum Gasteiger partial charge on any atom is -0.308 e. The molecule has 1 aliphatic heterocycles. The van der Waals surface area contributed by atoms with Crippen LogP contribution in [0.2, 0.25) is 0 Å². The number of hydrazine groups is 1. The number of rotatable bonds is 6. The highest BCUT2D eigenvalue weighted by molar-refractivity contribution is 5.33. The number of anilines is 1. The number of hydrogen-bond acceptors (Lipinski definition) is 6. The number of pyridine rings is 1. The molecule has 1 aromatic rings. The van der Waals surface area contributed by atoms with Gasteiger partial charge in [0.15, 0.2) is 0 Å². The van der Waals surface area contributed by atoms with Gasteiger partial charge in [0.1, 0.15) is 5.82 Å². The van der Waals surface area contributed by atoms with Crippen LogP contribution in [0.5, 0.6) is 0 Å². The average Bonchev–Trinajstić information content (AvgIpc) is 2.47. The van der Waals surface area contributed by atoms with Crippen molar-refractivity contribution in [2.45, 2.75) is 6.54 Å². The van der Waals surface area contributed by atoms with Crippen LogP contribution in [0.25, 0.3) is 0 Å². The summed E-state index contributed by atoms with van der Waals surface area (Å²) in [6, 6.07) is 4.00. The highest BCUT2D eigenvalue weighted by Crippen LogP contribution is 2.09. The Kier molecular flexibility index (Phi) is 5.72. The van der Waals surface area contributed by atoms with E-state index in [1.54, 1.807) is 0 Å². The first kappa shape index (κ1) is 15.2. The molecule has 20 heavy (non-hydrogen) atoms. The summed E-state index contributed by atoms with van der Waals surface area (Å²) in [5.74, 6) is 6.03. The SMILES string of the molecule is CN(C)CCN1CCN(Cc2ccc(NN)nc2)CC1. The third-order valence-electron chi connectivity index (χ3n) is 3.71. The highest BCUT2D eigenvalue weighted by Gasteiger charge is 2.16. The monoisotopic (exact) mass is 278 g/mol. The first-order valence-electron chi connectivity index (χ1n) is 7.18. The van der Waals surface area contributed by atoms with E-state index in [0.717, 1.165) is 39.3 Å². The Morgan fingerprint density at radius 3 is 2.45 bits per heavy atom. The third kappa shape index (κ3) is 4.72. The second-order valence-corrected chi connectivity index (χ2v) is 5.62. The number of hydrogen-bond donors (Lipinski definition) is 2. The first-order chi connectivity index (χ1) is 9.67. The summed E-state index contributed by atoms with van der Waals surface area (Å²) in [6.07, 6.45) is 1.90. The molecule has 1 aliphatic rings. The molecule has 0 amide bonds. The van der Waals surface area contributed by atoms with Crippen LogP contribution in [0.3, 0.4) is 0 Å². The third-order valence-corrected chi connectivity index (χ3v) is 3.71. The number of nitrogens with one attached hydrogen (secondary N) is 1. The van der Waals surface area contributed by atoms with Gasteiger partial charge in [-0.1, -0.05) is 6.07 Å². The summed E-state index contributed by atoms with van der Waals surface area (Å²) >= 11 is 0. The van der Waals surface area contributed by atoms with E-state index >= 15 is 0 Å². The highest BCUT2D eigenvalue weighted by atomic mass is 15.3. The van der Waals surface area contributed by atoms with Crippen LogP contribution in [0.15, 0.2) is 18.3 Å². The summed E-state index contributed by atoms with van der Waals surface area (Å²) in [5, 5.41) is 0. The number of nitrogen functional groups attached to an aromatic ring is 1. The van der Waals surface area contributed by atoms with Crippen molar-refractivity contribution in [2.24, 2.45) is 5.84 Å². The van der Waals surface area contributed by atoms with Crippen molar-refractivity contribution in [1.29, 1.82) is 0 Å². The Morgan fingerprint density at radius 1 is 1.20 bits per heavy atom. The lowest BCUT2D eigenvalue weighted by molar-refractivity contribution is 0.120. The van der Waals surface area contributed by atoms with Gasteiger partial charge in [-0.15, -0.1) is 0 Å². The van der Waals surface area contributed by atoms with Crippen molar-refractivity contribution in [2.75, 3.05) is 58.8 Å². The molecule has 1 aromatic heterocycles. The van der Waals surface area contributed by atoms with Crippen LogP contribution in [-0.2, 0) is 6.54 Å². The van der Waals surface area contributed by atoms with Crippen LogP contribution in [0, 0.1) is 0 Å². The molecule has 2 heterocycles. The zero-order valence-corrected chi connectivity index (χ0v) is 12.5. The van der Waals surface area contributed by atoms with Crippen LogP contribution in [0.1, 0.15) is 5.56 Å². The number of piperazine rings is 1. The maximum absolute atomic E-state index is 5.32. The van der Waals surface area contributed by atoms with Crippen LogP contribution in [0.4, 0.5) is 5.82 Å². The first-order valence-corrected chi connectivity index (χ1v) is 7.18. The molecule has 0 unspecified atom stereocenters. The molecule has 1 saturated heterocycles. The molecule has 0 atom stereocenters. The van der Waals surface area contributed by atoms with Crippen molar-refractivity contribution in [1.82, 2.24) is 19.7 Å². The molecular formula is C14H26N6. The fourth-order valence-electron chi connectivity index (χ4n) is 2.37. The molecule has 0 bridgehead atoms. The Labute approximate surface area is 121 Å². The van der Waals surface area contributed by atoms with E-state index in [2.05, 4.69) is 45.3 Å². The molecule has 112 valence electrons. The fraction of sp³-hybridized carbons (Fsp3) is 0.643. The summed E-state index contributed by atoms with van der Waals surface area (Å²) in [7, 11) is 4.26. The fourth-order valence-corrected chi connectivity index (χ4v) is 2.37. The molecule has 6 nitrogen and oxygen atoms in total. The summed E-state index contributed by atoms with van der Waals surface area (Å²) < 4.78 is 0. The van der Waals surface area contributed by atoms with Crippen LogP contribution < -0.4 is 11.3 Å². The van der Waals surface area contributed by atoms with Gasteiger partial charge in [0.05, 0.1) is 0 Å². The number of nitrogens with zero attached hydrogens (tertiary/aromatic N) is 4. The van der Waals surface area contributed by atoms with E-state index in [1.807, 2.05) is 12.3 Å². The molecule has 0 saturated carbocycles. The summed E-state index contributed by atoms with van der Waals surface area (Å²) in [4.78, 5) is 11.5. The van der Waals surface area contributed by atoms with Gasteiger partial charge in [0.2, 0.25) is 0 Å². The second kappa shape index (κ2) is 7.54. The van der Waals surface area contributed by atoms with Crippen molar-refractivity contribution >= 4 is 5.82 Å². The predicted octanol–water partition coefficient (Wildman–Crippen LogP) is 0.0464. The molecule has 0 aliphatic carbocycles. The lowest BCUT2D eigenvalue weighted by Crippen LogP contribution is -2.47. The van der Waals surface area contributed by atoms with Crippen molar-refractivity contribution in [3.8, 4) is 0 Å². The van der Waals surface area contributed by atoms with Gasteiger partial charge in [0.25, 0.3) is 0 Å². The van der Waals surface area contributed by atoms with Crippen molar-refractivity contribution in [3.63, 3.8) is 0 Å². The Morgan fingerprint density at radius 2 is 1.90 bits per heavy atom. The Bertz CT molecular complexity index is 383. The van der Waals surface area contributed by atoms with Gasteiger partial charge in [-0.3, -0.25) is 9.80 Å². The van der Waals surface area contributed by atoms with Crippen molar-refractivity contribution in [3.05, 3.63) is 23.9 Å². The van der Waals surface area contributed by atoms with E-state index in [0.29, 0.717) is 5.82 Å². The van der Waals surface area contributed by atoms with Gasteiger partial charge in [-0.25, -0.2) is 10.8 Å². The lowest BCUT2D eigenvalue weighted by atomic mass is 10.2. The van der Waals surface area contributed by atoms with Crippen LogP contribution >= 0.6 is 0 Å². The van der Waals surface area contributed by atoms with Gasteiger partial charge < -0.3 is 10.3 Å². The second-order valence-electron chi connectivity index (χ2n) is 5.62. The van der Waals surface area contributed by atoms with E-state index < -0.39 is 0 Å². The smallest absolute Gasteiger partial charge is 0.139 e. The molecule has 6 heteroatoms. The van der Waals surface area contributed by atoms with Gasteiger partial charge in [-0.2, -0.15) is 0 Å². The van der Waals surface area contributed by atoms with Gasteiger partial charge in [0, 0.05) is 52.0 Å². The number of likely N-dealkylation sites (N-methyl/N-ethyl adjacent to an activating group) is 1. The van der Waals surface area contributed by atoms with Gasteiger partial charge >= 0.3 is 0 Å². The zero-order valence-electron chi connectivity index (χ0n) is 12.5. The normalized spacial score (nSPS) is 17.6. The number of aromatic nitrogens is 1. The quantitative estimate of drug-likeness (QED) is 0.566. The van der Waals surface area contributed by atoms with E-state index in [9.17, 15) is 0 Å². The minimum atomic E-state index is 0.710. The summed E-state index contributed by atoms with van der Waals surface area (Å²) in [5.41, 5.74) is 3.79. The summed E-state index contributed by atoms with van der Waals surface area (Å²) in [6.45, 7) is 7.85. The topological polar surface area (TPSA) is 60.7 Å². The maximum Gasteiger partial charge on any atom is 0.139 e. The predicted molar refractivity (Wildman–Crippen MR) is 82.3 cm³/mol. The van der Waals surface area contributed by atoms with Gasteiger partial charge in [-0.05, 0) is 25.7 Å². The molecule has 2 rings (SSSR count). The molecule has 0 spiro atoms. The Balaban J connectivity index is 1.73. The zero-order chi connectivity index (χ0) is 14.4. The molecule has 0 aromatic carbocycles. The number of nitrogens with two attached hydrogens (primary N) is 1. The van der Waals surface area contributed by atoms with Crippen molar-refractivity contribution < 1.29 is 0 Å². The molecular weight excluding hydrogens is 252 g/mol. The molecule has 3 N–H and O–H groups in total. The standard InChI is InChI=1S/C14H26N6/c1-18(2)5-6-19-7-9-20(10-8-19)12-13-3-4-14(17-15)16-11-13/h3-4,11H,5-10,12,15H2,1-2H3,(H,16,17).